The van der Waals surface area contributed by atoms with Crippen LogP contribution in [0, 0.1) is 0 Å². The van der Waals surface area contributed by atoms with E-state index in [-0.39, 0.29) is 37.2 Å². The molecular weight excluding hydrogens is 350 g/mol. The van der Waals surface area contributed by atoms with Crippen molar-refractivity contribution in [2.75, 3.05) is 0 Å². The van der Waals surface area contributed by atoms with Crippen molar-refractivity contribution in [3.63, 3.8) is 0 Å². The molecule has 0 fully saturated rings. The van der Waals surface area contributed by atoms with Crippen LogP contribution in [-0.4, -0.2) is 8.07 Å². The van der Waals surface area contributed by atoms with Gasteiger partial charge in [-0.3, -0.25) is 0 Å². The molecule has 0 N–H and O–H groups in total. The molecule has 0 saturated heterocycles. The first-order valence-electron chi connectivity index (χ1n) is 6.67. The molecule has 0 radical (unpaired) electrons. The summed E-state index contributed by atoms with van der Waals surface area (Å²) in [5, 5.41) is 0. The van der Waals surface area contributed by atoms with Crippen LogP contribution in [-0.2, 0) is 20.4 Å². The summed E-state index contributed by atoms with van der Waals surface area (Å²) in [7, 11) is -0.943. The molecule has 2 aliphatic rings. The molecular formula is C14H23Cl3SiTi. The number of hydrogen-bond donors (Lipinski definition) is 0. The van der Waals surface area contributed by atoms with Crippen molar-refractivity contribution < 1.29 is 57.7 Å². The molecule has 1 unspecified atom stereocenters. The molecule has 0 aromatic rings. The summed E-state index contributed by atoms with van der Waals surface area (Å²) in [5.74, 6) is 0. The molecule has 0 amide bonds. The molecule has 2 aliphatic carbocycles. The quantitative estimate of drug-likeness (QED) is 0.441. The maximum atomic E-state index is 2.57. The Balaban J connectivity index is 0. The molecule has 0 bridgehead atoms. The largest absolute Gasteiger partial charge is 1.00 e. The van der Waals surface area contributed by atoms with Crippen LogP contribution in [0.15, 0.2) is 22.8 Å². The third-order valence-corrected chi connectivity index (χ3v) is 8.68. The molecule has 0 aromatic heterocycles. The number of allylic oxidation sites excluding steroid dienone is 4. The van der Waals surface area contributed by atoms with E-state index in [9.17, 15) is 0 Å². The first-order valence-corrected chi connectivity index (χ1v) is 11.0. The van der Waals surface area contributed by atoms with Crippen molar-refractivity contribution in [3.8, 4) is 0 Å². The summed E-state index contributed by atoms with van der Waals surface area (Å²) in [6, 6.07) is 2.85. The minimum absolute atomic E-state index is 0. The fourth-order valence-corrected chi connectivity index (χ4v) is 5.59. The smallest absolute Gasteiger partial charge is 1.00 e. The van der Waals surface area contributed by atoms with E-state index in [1.807, 2.05) is 0 Å². The van der Waals surface area contributed by atoms with Gasteiger partial charge in [-0.25, -0.2) is 0 Å². The molecule has 108 valence electrons. The Morgan fingerprint density at radius 3 is 2.26 bits per heavy atom. The maximum absolute atomic E-state index is 2.57. The van der Waals surface area contributed by atoms with Crippen LogP contribution in [0.1, 0.15) is 32.6 Å². The molecule has 0 aliphatic heterocycles. The van der Waals surface area contributed by atoms with Crippen LogP contribution in [0.3, 0.4) is 0 Å². The van der Waals surface area contributed by atoms with E-state index in [0.717, 1.165) is 4.22 Å². The van der Waals surface area contributed by atoms with Crippen molar-refractivity contribution in [2.24, 2.45) is 0 Å². The Morgan fingerprint density at radius 2 is 1.74 bits per heavy atom. The predicted molar refractivity (Wildman–Crippen MR) is 70.1 cm³/mol. The van der Waals surface area contributed by atoms with Crippen LogP contribution in [0.4, 0.5) is 0 Å². The SMILES string of the molecule is CC[Si](C)(C)CC1=CC2=C(CCCC2)[CH]1[Ti+3].[Cl-].[Cl-].[Cl-]. The second kappa shape index (κ2) is 9.33. The van der Waals surface area contributed by atoms with Crippen LogP contribution < -0.4 is 37.2 Å². The average molecular weight is 374 g/mol. The Morgan fingerprint density at radius 1 is 1.16 bits per heavy atom. The van der Waals surface area contributed by atoms with Gasteiger partial charge in [-0.1, -0.05) is 0 Å². The number of hydrogen-bond acceptors (Lipinski definition) is 0. The molecule has 5 heteroatoms. The van der Waals surface area contributed by atoms with Crippen molar-refractivity contribution in [1.29, 1.82) is 0 Å². The first-order chi connectivity index (χ1) is 7.53. The van der Waals surface area contributed by atoms with Gasteiger partial charge in [0.05, 0.1) is 0 Å². The molecule has 0 spiro atoms. The van der Waals surface area contributed by atoms with Gasteiger partial charge >= 0.3 is 113 Å². The minimum Gasteiger partial charge on any atom is -1.00 e. The van der Waals surface area contributed by atoms with Gasteiger partial charge in [0.1, 0.15) is 0 Å². The summed E-state index contributed by atoms with van der Waals surface area (Å²) in [4.78, 5) is 0. The van der Waals surface area contributed by atoms with E-state index in [1.54, 1.807) is 16.7 Å². The van der Waals surface area contributed by atoms with E-state index < -0.39 is 8.07 Å². The average Bonchev–Trinajstić information content (AvgIpc) is 2.56. The normalized spacial score (nSPS) is 21.7. The van der Waals surface area contributed by atoms with Gasteiger partial charge in [0, 0.05) is 0 Å². The molecule has 0 nitrogen and oxygen atoms in total. The third-order valence-electron chi connectivity index (χ3n) is 4.27. The predicted octanol–water partition coefficient (Wildman–Crippen LogP) is -4.13. The first kappa shape index (κ1) is 22.6. The Labute approximate surface area is 149 Å². The zero-order valence-corrected chi connectivity index (χ0v) is 16.9. The van der Waals surface area contributed by atoms with E-state index >= 15 is 0 Å². The molecule has 0 saturated carbocycles. The summed E-state index contributed by atoms with van der Waals surface area (Å²) in [6.07, 6.45) is 8.16. The van der Waals surface area contributed by atoms with Crippen molar-refractivity contribution in [2.45, 2.75) is 62.0 Å². The van der Waals surface area contributed by atoms with Gasteiger partial charge in [0.25, 0.3) is 0 Å². The van der Waals surface area contributed by atoms with E-state index in [0.29, 0.717) is 0 Å². The van der Waals surface area contributed by atoms with Crippen LogP contribution in [0.2, 0.25) is 29.4 Å². The van der Waals surface area contributed by atoms with Gasteiger partial charge in [-0.05, 0) is 0 Å². The van der Waals surface area contributed by atoms with E-state index in [1.165, 1.54) is 37.8 Å². The van der Waals surface area contributed by atoms with Crippen LogP contribution in [0.5, 0.6) is 0 Å². The summed E-state index contributed by atoms with van der Waals surface area (Å²) in [5.41, 5.74) is 5.28. The van der Waals surface area contributed by atoms with Crippen LogP contribution in [0.25, 0.3) is 0 Å². The molecule has 0 aromatic carbocycles. The van der Waals surface area contributed by atoms with Gasteiger partial charge in [-0.2, -0.15) is 0 Å². The van der Waals surface area contributed by atoms with Gasteiger partial charge < -0.3 is 37.2 Å². The van der Waals surface area contributed by atoms with Crippen LogP contribution >= 0.6 is 0 Å². The summed E-state index contributed by atoms with van der Waals surface area (Å²) in [6.45, 7) is 7.45. The fourth-order valence-electron chi connectivity index (χ4n) is 2.81. The molecule has 2 rings (SSSR count). The number of halogens is 3. The van der Waals surface area contributed by atoms with E-state index in [2.05, 4.69) is 46.5 Å². The van der Waals surface area contributed by atoms with E-state index in [4.69, 9.17) is 0 Å². The Bertz CT molecular complexity index is 351. The third kappa shape index (κ3) is 5.53. The zero-order chi connectivity index (χ0) is 11.8. The number of rotatable bonds is 3. The fraction of sp³-hybridized carbons (Fsp3) is 0.714. The molecule has 19 heavy (non-hydrogen) atoms. The molecule has 0 heterocycles. The summed E-state index contributed by atoms with van der Waals surface area (Å²) < 4.78 is 0.786. The summed E-state index contributed by atoms with van der Waals surface area (Å²) >= 11 is 2.44. The van der Waals surface area contributed by atoms with Crippen molar-refractivity contribution >= 4 is 8.07 Å². The van der Waals surface area contributed by atoms with Gasteiger partial charge in [0.2, 0.25) is 0 Å². The topological polar surface area (TPSA) is 0 Å². The minimum atomic E-state index is -0.943. The maximum Gasteiger partial charge on any atom is -1.00 e. The Kier molecular flexibility index (Phi) is 11.1. The monoisotopic (exact) mass is 372 g/mol. The molecule has 1 atom stereocenters. The van der Waals surface area contributed by atoms with Gasteiger partial charge in [0.15, 0.2) is 0 Å². The van der Waals surface area contributed by atoms with Crippen molar-refractivity contribution in [1.82, 2.24) is 0 Å². The standard InChI is InChI=1S/C14H23Si.3ClH.Ti/c1-4-15(2,3)11-12-9-13-7-5-6-8-14(13)10-12;;;;/h9-10H,4-8,11H2,1-3H3;3*1H;/q;;;;+3/p-3. The second-order valence-corrected chi connectivity index (χ2v) is 12.4. The van der Waals surface area contributed by atoms with Crippen molar-refractivity contribution in [3.05, 3.63) is 22.8 Å². The Hall–Kier alpha value is 1.28. The second-order valence-electron chi connectivity index (χ2n) is 6.10. The van der Waals surface area contributed by atoms with Gasteiger partial charge in [-0.15, -0.1) is 0 Å². The zero-order valence-electron chi connectivity index (χ0n) is 12.0.